The fraction of sp³-hybridized carbons (Fsp3) is 0.850. The Morgan fingerprint density at radius 2 is 1.74 bits per heavy atom. The SMILES string of the molecule is C[C@@H]1O[C@@H](O[C@@H]2CCCC[C@H]2NC(=O)[C@@H](NC(=O)[C@@H](N)CC(=O)O)C(O)CO)[C@@H](O)[C@H](O)[C@@H]1O. The van der Waals surface area contributed by atoms with Gasteiger partial charge >= 0.3 is 5.97 Å². The van der Waals surface area contributed by atoms with Crippen molar-refractivity contribution in [2.45, 2.75) is 100 Å². The average molecular weight is 494 g/mol. The normalized spacial score (nSPS) is 34.5. The number of hydrogen-bond donors (Lipinski definition) is 9. The van der Waals surface area contributed by atoms with Crippen molar-refractivity contribution in [1.82, 2.24) is 10.6 Å². The molecule has 1 unspecified atom stereocenters. The lowest BCUT2D eigenvalue weighted by atomic mass is 9.91. The van der Waals surface area contributed by atoms with E-state index < -0.39 is 91.9 Å². The molecule has 10 N–H and O–H groups in total. The Bertz CT molecular complexity index is 711. The van der Waals surface area contributed by atoms with Gasteiger partial charge in [-0.05, 0) is 19.8 Å². The number of amides is 2. The summed E-state index contributed by atoms with van der Waals surface area (Å²) in [7, 11) is 0. The third-order valence-corrected chi connectivity index (χ3v) is 6.03. The fourth-order valence-corrected chi connectivity index (χ4v) is 3.98. The van der Waals surface area contributed by atoms with E-state index in [0.29, 0.717) is 12.8 Å². The molecule has 196 valence electrons. The maximum absolute atomic E-state index is 12.9. The van der Waals surface area contributed by atoms with Crippen LogP contribution in [0.5, 0.6) is 0 Å². The van der Waals surface area contributed by atoms with E-state index >= 15 is 0 Å². The van der Waals surface area contributed by atoms with Gasteiger partial charge in [-0.1, -0.05) is 12.8 Å². The van der Waals surface area contributed by atoms with E-state index in [2.05, 4.69) is 10.6 Å². The number of aliphatic hydroxyl groups excluding tert-OH is 5. The Morgan fingerprint density at radius 1 is 1.09 bits per heavy atom. The van der Waals surface area contributed by atoms with Crippen molar-refractivity contribution in [3.05, 3.63) is 0 Å². The molecule has 1 heterocycles. The smallest absolute Gasteiger partial charge is 0.305 e. The number of ether oxygens (including phenoxy) is 2. The summed E-state index contributed by atoms with van der Waals surface area (Å²) in [5.74, 6) is -3.17. The molecular weight excluding hydrogens is 458 g/mol. The summed E-state index contributed by atoms with van der Waals surface area (Å²) >= 11 is 0. The first-order valence-corrected chi connectivity index (χ1v) is 11.2. The van der Waals surface area contributed by atoms with Crippen molar-refractivity contribution < 1.29 is 54.5 Å². The van der Waals surface area contributed by atoms with Crippen LogP contribution in [0, 0.1) is 0 Å². The monoisotopic (exact) mass is 493 g/mol. The van der Waals surface area contributed by atoms with Crippen molar-refractivity contribution in [3.63, 3.8) is 0 Å². The number of aliphatic carboxylic acids is 1. The van der Waals surface area contributed by atoms with Crippen LogP contribution >= 0.6 is 0 Å². The van der Waals surface area contributed by atoms with Crippen LogP contribution in [0.4, 0.5) is 0 Å². The third-order valence-electron chi connectivity index (χ3n) is 6.03. The molecule has 14 heteroatoms. The molecular formula is C20H35N3O11. The highest BCUT2D eigenvalue weighted by Crippen LogP contribution is 2.28. The molecule has 0 aromatic heterocycles. The first-order valence-electron chi connectivity index (χ1n) is 11.2. The van der Waals surface area contributed by atoms with Gasteiger partial charge in [-0.25, -0.2) is 0 Å². The first-order chi connectivity index (χ1) is 16.0. The van der Waals surface area contributed by atoms with Gasteiger partial charge in [0.2, 0.25) is 11.8 Å². The van der Waals surface area contributed by atoms with Crippen molar-refractivity contribution in [2.75, 3.05) is 6.61 Å². The third kappa shape index (κ3) is 7.29. The summed E-state index contributed by atoms with van der Waals surface area (Å²) in [5.41, 5.74) is 5.50. The Morgan fingerprint density at radius 3 is 2.35 bits per heavy atom. The molecule has 0 aromatic rings. The van der Waals surface area contributed by atoms with Gasteiger partial charge in [-0.2, -0.15) is 0 Å². The van der Waals surface area contributed by atoms with Crippen LogP contribution in [0.3, 0.4) is 0 Å². The fourth-order valence-electron chi connectivity index (χ4n) is 3.98. The molecule has 0 bridgehead atoms. The minimum atomic E-state index is -1.69. The maximum atomic E-state index is 12.9. The van der Waals surface area contributed by atoms with Crippen molar-refractivity contribution in [2.24, 2.45) is 5.73 Å². The summed E-state index contributed by atoms with van der Waals surface area (Å²) < 4.78 is 11.3. The highest BCUT2D eigenvalue weighted by Gasteiger charge is 2.44. The Hall–Kier alpha value is -1.91. The van der Waals surface area contributed by atoms with Gasteiger partial charge in [-0.3, -0.25) is 14.4 Å². The minimum absolute atomic E-state index is 0.453. The quantitative estimate of drug-likeness (QED) is 0.141. The van der Waals surface area contributed by atoms with Crippen molar-refractivity contribution >= 4 is 17.8 Å². The molecule has 1 aliphatic heterocycles. The first kappa shape index (κ1) is 28.3. The van der Waals surface area contributed by atoms with Crippen LogP contribution in [-0.2, 0) is 23.9 Å². The van der Waals surface area contributed by atoms with Crippen LogP contribution in [0.1, 0.15) is 39.0 Å². The van der Waals surface area contributed by atoms with E-state index in [1.165, 1.54) is 6.92 Å². The lowest BCUT2D eigenvalue weighted by molar-refractivity contribution is -0.307. The summed E-state index contributed by atoms with van der Waals surface area (Å²) in [6, 6.07) is -3.72. The number of nitrogens with one attached hydrogen (secondary N) is 2. The molecule has 0 spiro atoms. The largest absolute Gasteiger partial charge is 0.481 e. The van der Waals surface area contributed by atoms with Gasteiger partial charge in [0.15, 0.2) is 6.29 Å². The van der Waals surface area contributed by atoms with E-state index in [4.69, 9.17) is 20.3 Å². The van der Waals surface area contributed by atoms with Gasteiger partial charge in [0.25, 0.3) is 0 Å². The van der Waals surface area contributed by atoms with E-state index in [-0.39, 0.29) is 0 Å². The summed E-state index contributed by atoms with van der Waals surface area (Å²) in [4.78, 5) is 35.8. The number of carboxylic acids is 1. The standard InChI is InChI=1S/C20H35N3O11/c1-8-15(28)16(29)17(30)20(33-8)34-12-5-3-2-4-10(12)22-19(32)14(11(25)7-24)23-18(31)9(21)6-13(26)27/h8-12,14-17,20,24-25,28-30H,2-7,21H2,1H3,(H,22,32)(H,23,31)(H,26,27)/t8-,9-,10+,11?,12+,14-,15+,16+,17-,20-/m0/s1. The average Bonchev–Trinajstić information content (AvgIpc) is 2.79. The molecule has 2 rings (SSSR count). The zero-order chi connectivity index (χ0) is 25.6. The molecule has 14 nitrogen and oxygen atoms in total. The van der Waals surface area contributed by atoms with Crippen LogP contribution in [0.25, 0.3) is 0 Å². The summed E-state index contributed by atoms with van der Waals surface area (Å²) in [5, 5.41) is 63.0. The van der Waals surface area contributed by atoms with E-state index in [0.717, 1.165) is 12.8 Å². The van der Waals surface area contributed by atoms with Crippen LogP contribution in [0.2, 0.25) is 0 Å². The van der Waals surface area contributed by atoms with Gasteiger partial charge in [-0.15, -0.1) is 0 Å². The van der Waals surface area contributed by atoms with Gasteiger partial charge in [0, 0.05) is 0 Å². The van der Waals surface area contributed by atoms with Crippen LogP contribution in [0.15, 0.2) is 0 Å². The number of hydrogen-bond acceptors (Lipinski definition) is 11. The lowest BCUT2D eigenvalue weighted by Gasteiger charge is -2.42. The molecule has 0 radical (unpaired) electrons. The van der Waals surface area contributed by atoms with Gasteiger partial charge < -0.3 is 56.5 Å². The Kier molecular flexibility index (Phi) is 10.6. The van der Waals surface area contributed by atoms with E-state index in [1.807, 2.05) is 0 Å². The highest BCUT2D eigenvalue weighted by molar-refractivity contribution is 5.91. The van der Waals surface area contributed by atoms with Crippen LogP contribution < -0.4 is 16.4 Å². The Labute approximate surface area is 196 Å². The summed E-state index contributed by atoms with van der Waals surface area (Å²) in [6.45, 7) is 0.645. The second-order valence-electron chi connectivity index (χ2n) is 8.70. The minimum Gasteiger partial charge on any atom is -0.481 e. The second-order valence-corrected chi connectivity index (χ2v) is 8.70. The van der Waals surface area contributed by atoms with Crippen molar-refractivity contribution in [3.8, 4) is 0 Å². The highest BCUT2D eigenvalue weighted by atomic mass is 16.7. The number of carbonyl (C=O) groups is 3. The van der Waals surface area contributed by atoms with Crippen molar-refractivity contribution in [1.29, 1.82) is 0 Å². The molecule has 10 atom stereocenters. The van der Waals surface area contributed by atoms with Crippen LogP contribution in [-0.4, -0.2) is 116 Å². The molecule has 1 saturated heterocycles. The topological polar surface area (TPSA) is 241 Å². The number of rotatable bonds is 10. The molecule has 2 fully saturated rings. The lowest BCUT2D eigenvalue weighted by Crippen LogP contribution is -2.62. The molecule has 34 heavy (non-hydrogen) atoms. The van der Waals surface area contributed by atoms with E-state index in [9.17, 15) is 39.9 Å². The molecule has 0 aromatic carbocycles. The zero-order valence-corrected chi connectivity index (χ0v) is 18.8. The second kappa shape index (κ2) is 12.7. The molecule has 2 amide bonds. The molecule has 1 saturated carbocycles. The van der Waals surface area contributed by atoms with E-state index in [1.54, 1.807) is 0 Å². The Balaban J connectivity index is 2.07. The maximum Gasteiger partial charge on any atom is 0.305 e. The van der Waals surface area contributed by atoms with Gasteiger partial charge in [0.05, 0.1) is 37.3 Å². The number of carbonyl (C=O) groups excluding carboxylic acids is 2. The van der Waals surface area contributed by atoms with Gasteiger partial charge in [0.1, 0.15) is 30.5 Å². The molecule has 1 aliphatic carbocycles. The number of aliphatic hydroxyl groups is 5. The molecule has 2 aliphatic rings. The predicted octanol–water partition coefficient (Wildman–Crippen LogP) is -4.10. The number of nitrogens with two attached hydrogens (primary N) is 1. The zero-order valence-electron chi connectivity index (χ0n) is 18.8. The number of carboxylic acid groups (broad SMARTS) is 1. The predicted molar refractivity (Wildman–Crippen MR) is 113 cm³/mol. The summed E-state index contributed by atoms with van der Waals surface area (Å²) in [6.07, 6.45) is -7.05.